The molecule has 3 heteroatoms. The van der Waals surface area contributed by atoms with Gasteiger partial charge in [0.25, 0.3) is 5.91 Å². The molecule has 1 aliphatic rings. The van der Waals surface area contributed by atoms with Gasteiger partial charge in [-0.1, -0.05) is 33.1 Å². The molecule has 1 aromatic rings. The fourth-order valence-corrected chi connectivity index (χ4v) is 3.15. The Hall–Kier alpha value is -1.51. The first-order chi connectivity index (χ1) is 10.2. The highest BCUT2D eigenvalue weighted by Gasteiger charge is 2.25. The Morgan fingerprint density at radius 3 is 2.52 bits per heavy atom. The van der Waals surface area contributed by atoms with E-state index < -0.39 is 0 Å². The fourth-order valence-electron chi connectivity index (χ4n) is 3.15. The maximum Gasteiger partial charge on any atom is 0.251 e. The summed E-state index contributed by atoms with van der Waals surface area (Å²) in [6.45, 7) is 5.33. The molecule has 1 aliphatic carbocycles. The number of anilines is 1. The highest BCUT2D eigenvalue weighted by Crippen LogP contribution is 2.27. The lowest BCUT2D eigenvalue weighted by atomic mass is 9.83. The van der Waals surface area contributed by atoms with Crippen LogP contribution < -0.4 is 10.6 Å². The SMILES string of the molecule is CCCNc1ccc(C(=O)NC2CCCCC2CC)cc1. The van der Waals surface area contributed by atoms with E-state index in [1.54, 1.807) is 0 Å². The van der Waals surface area contributed by atoms with Gasteiger partial charge < -0.3 is 10.6 Å². The van der Waals surface area contributed by atoms with E-state index in [2.05, 4.69) is 24.5 Å². The minimum Gasteiger partial charge on any atom is -0.385 e. The van der Waals surface area contributed by atoms with Crippen molar-refractivity contribution in [2.45, 2.75) is 58.4 Å². The molecule has 2 unspecified atom stereocenters. The van der Waals surface area contributed by atoms with Crippen LogP contribution in [0.25, 0.3) is 0 Å². The highest BCUT2D eigenvalue weighted by atomic mass is 16.1. The van der Waals surface area contributed by atoms with Gasteiger partial charge in [0.15, 0.2) is 0 Å². The summed E-state index contributed by atoms with van der Waals surface area (Å²) >= 11 is 0. The molecule has 0 saturated heterocycles. The van der Waals surface area contributed by atoms with Gasteiger partial charge in [-0.15, -0.1) is 0 Å². The van der Waals surface area contributed by atoms with E-state index in [-0.39, 0.29) is 5.91 Å². The summed E-state index contributed by atoms with van der Waals surface area (Å²) in [6.07, 6.45) is 7.18. The third kappa shape index (κ3) is 4.48. The van der Waals surface area contributed by atoms with Crippen molar-refractivity contribution in [3.8, 4) is 0 Å². The van der Waals surface area contributed by atoms with Crippen LogP contribution in [0.2, 0.25) is 0 Å². The number of carbonyl (C=O) groups excluding carboxylic acids is 1. The molecule has 0 aliphatic heterocycles. The van der Waals surface area contributed by atoms with E-state index in [1.165, 1.54) is 19.3 Å². The summed E-state index contributed by atoms with van der Waals surface area (Å²) in [5.41, 5.74) is 1.84. The summed E-state index contributed by atoms with van der Waals surface area (Å²) < 4.78 is 0. The van der Waals surface area contributed by atoms with E-state index in [9.17, 15) is 4.79 Å². The highest BCUT2D eigenvalue weighted by molar-refractivity contribution is 5.94. The maximum absolute atomic E-state index is 12.4. The van der Waals surface area contributed by atoms with Crippen molar-refractivity contribution in [3.05, 3.63) is 29.8 Å². The molecule has 0 heterocycles. The van der Waals surface area contributed by atoms with Crippen LogP contribution in [0.3, 0.4) is 0 Å². The number of benzene rings is 1. The van der Waals surface area contributed by atoms with Gasteiger partial charge in [-0.05, 0) is 49.4 Å². The second kappa shape index (κ2) is 8.06. The summed E-state index contributed by atoms with van der Waals surface area (Å²) in [4.78, 5) is 12.4. The van der Waals surface area contributed by atoms with Crippen molar-refractivity contribution in [2.24, 2.45) is 5.92 Å². The molecular weight excluding hydrogens is 260 g/mol. The maximum atomic E-state index is 12.4. The Morgan fingerprint density at radius 1 is 1.14 bits per heavy atom. The van der Waals surface area contributed by atoms with Crippen molar-refractivity contribution in [1.29, 1.82) is 0 Å². The predicted octanol–water partition coefficient (Wildman–Crippen LogP) is 4.21. The molecule has 21 heavy (non-hydrogen) atoms. The van der Waals surface area contributed by atoms with Crippen LogP contribution in [-0.2, 0) is 0 Å². The van der Waals surface area contributed by atoms with Gasteiger partial charge >= 0.3 is 0 Å². The molecule has 3 nitrogen and oxygen atoms in total. The third-order valence-corrected chi connectivity index (χ3v) is 4.48. The van der Waals surface area contributed by atoms with Crippen molar-refractivity contribution < 1.29 is 4.79 Å². The predicted molar refractivity (Wildman–Crippen MR) is 88.7 cm³/mol. The second-order valence-electron chi connectivity index (χ2n) is 6.04. The number of carbonyl (C=O) groups is 1. The van der Waals surface area contributed by atoms with E-state index in [0.717, 1.165) is 37.1 Å². The van der Waals surface area contributed by atoms with E-state index >= 15 is 0 Å². The standard InChI is InChI=1S/C18H28N2O/c1-3-13-19-16-11-9-15(10-12-16)18(21)20-17-8-6-5-7-14(17)4-2/h9-12,14,17,19H,3-8,13H2,1-2H3,(H,20,21). The Labute approximate surface area is 128 Å². The Bertz CT molecular complexity index is 441. The van der Waals surface area contributed by atoms with Crippen LogP contribution in [0.1, 0.15) is 62.7 Å². The summed E-state index contributed by atoms with van der Waals surface area (Å²) in [5, 5.41) is 6.57. The van der Waals surface area contributed by atoms with Crippen LogP contribution in [0.15, 0.2) is 24.3 Å². The molecule has 0 aromatic heterocycles. The molecule has 0 radical (unpaired) electrons. The lowest BCUT2D eigenvalue weighted by Crippen LogP contribution is -2.41. The average Bonchev–Trinajstić information content (AvgIpc) is 2.54. The molecule has 116 valence electrons. The van der Waals surface area contributed by atoms with Crippen LogP contribution in [-0.4, -0.2) is 18.5 Å². The van der Waals surface area contributed by atoms with E-state index in [0.29, 0.717) is 12.0 Å². The normalized spacial score (nSPS) is 21.8. The molecule has 0 spiro atoms. The van der Waals surface area contributed by atoms with Crippen LogP contribution >= 0.6 is 0 Å². The minimum atomic E-state index is 0.0717. The van der Waals surface area contributed by atoms with Gasteiger partial charge in [0, 0.05) is 23.8 Å². The van der Waals surface area contributed by atoms with Gasteiger partial charge in [0.05, 0.1) is 0 Å². The van der Waals surface area contributed by atoms with Gasteiger partial charge in [0.2, 0.25) is 0 Å². The summed E-state index contributed by atoms with van der Waals surface area (Å²) in [6, 6.07) is 8.16. The first kappa shape index (κ1) is 15.9. The topological polar surface area (TPSA) is 41.1 Å². The number of rotatable bonds is 6. The fraction of sp³-hybridized carbons (Fsp3) is 0.611. The molecule has 2 N–H and O–H groups in total. The molecule has 2 atom stereocenters. The Morgan fingerprint density at radius 2 is 1.86 bits per heavy atom. The van der Waals surface area contributed by atoms with Gasteiger partial charge in [0.1, 0.15) is 0 Å². The van der Waals surface area contributed by atoms with Gasteiger partial charge in [-0.3, -0.25) is 4.79 Å². The first-order valence-corrected chi connectivity index (χ1v) is 8.39. The number of amides is 1. The van der Waals surface area contributed by atoms with E-state index in [4.69, 9.17) is 0 Å². The molecule has 1 fully saturated rings. The zero-order valence-electron chi connectivity index (χ0n) is 13.3. The van der Waals surface area contributed by atoms with Gasteiger partial charge in [-0.2, -0.15) is 0 Å². The quantitative estimate of drug-likeness (QED) is 0.823. The van der Waals surface area contributed by atoms with Gasteiger partial charge in [-0.25, -0.2) is 0 Å². The first-order valence-electron chi connectivity index (χ1n) is 8.39. The summed E-state index contributed by atoms with van der Waals surface area (Å²) in [7, 11) is 0. The van der Waals surface area contributed by atoms with Crippen molar-refractivity contribution >= 4 is 11.6 Å². The number of hydrogen-bond acceptors (Lipinski definition) is 2. The van der Waals surface area contributed by atoms with Crippen molar-refractivity contribution in [1.82, 2.24) is 5.32 Å². The van der Waals surface area contributed by atoms with Crippen molar-refractivity contribution in [3.63, 3.8) is 0 Å². The lowest BCUT2D eigenvalue weighted by molar-refractivity contribution is 0.0905. The molecule has 1 amide bonds. The molecular formula is C18H28N2O. The molecule has 1 saturated carbocycles. The van der Waals surface area contributed by atoms with E-state index in [1.807, 2.05) is 24.3 Å². The third-order valence-electron chi connectivity index (χ3n) is 4.48. The zero-order valence-corrected chi connectivity index (χ0v) is 13.3. The Kier molecular flexibility index (Phi) is 6.09. The monoisotopic (exact) mass is 288 g/mol. The largest absolute Gasteiger partial charge is 0.385 e. The van der Waals surface area contributed by atoms with Crippen LogP contribution in [0.5, 0.6) is 0 Å². The molecule has 2 rings (SSSR count). The Balaban J connectivity index is 1.93. The lowest BCUT2D eigenvalue weighted by Gasteiger charge is -2.31. The van der Waals surface area contributed by atoms with Crippen LogP contribution in [0.4, 0.5) is 5.69 Å². The molecule has 0 bridgehead atoms. The average molecular weight is 288 g/mol. The van der Waals surface area contributed by atoms with Crippen LogP contribution in [0, 0.1) is 5.92 Å². The zero-order chi connectivity index (χ0) is 15.1. The molecule has 1 aromatic carbocycles. The number of nitrogens with one attached hydrogen (secondary N) is 2. The smallest absolute Gasteiger partial charge is 0.251 e. The van der Waals surface area contributed by atoms with Crippen molar-refractivity contribution in [2.75, 3.05) is 11.9 Å². The summed E-state index contributed by atoms with van der Waals surface area (Å²) in [5.74, 6) is 0.718. The minimum absolute atomic E-state index is 0.0717. The second-order valence-corrected chi connectivity index (χ2v) is 6.04. The number of hydrogen-bond donors (Lipinski definition) is 2.